The summed E-state index contributed by atoms with van der Waals surface area (Å²) in [6, 6.07) is 0. The second-order valence-electron chi connectivity index (χ2n) is 6.31. The predicted molar refractivity (Wildman–Crippen MR) is 101 cm³/mol. The Morgan fingerprint density at radius 2 is 1.14 bits per heavy atom. The van der Waals surface area contributed by atoms with E-state index >= 15 is 0 Å². The van der Waals surface area contributed by atoms with Crippen LogP contribution in [0.25, 0.3) is 0 Å². The number of hydrogen-bond acceptors (Lipinski definition) is 2. The molecule has 0 aliphatic heterocycles. The third kappa shape index (κ3) is 10.3. The third-order valence-corrected chi connectivity index (χ3v) is 18.5. The van der Waals surface area contributed by atoms with Crippen molar-refractivity contribution in [2.24, 2.45) is 0 Å². The molecule has 0 amide bonds. The van der Waals surface area contributed by atoms with E-state index in [0.29, 0.717) is 0 Å². The average Bonchev–Trinajstić information content (AvgIpc) is 2.53. The minimum absolute atomic E-state index is 0.129. The van der Waals surface area contributed by atoms with Crippen molar-refractivity contribution in [2.75, 3.05) is 13.2 Å². The van der Waals surface area contributed by atoms with Crippen LogP contribution < -0.4 is 0 Å². The average molecular weight is 419 g/mol. The fourth-order valence-corrected chi connectivity index (χ4v) is 17.2. The molecule has 0 atom stereocenters. The zero-order chi connectivity index (χ0) is 16.7. The van der Waals surface area contributed by atoms with Gasteiger partial charge in [-0.3, -0.25) is 0 Å². The van der Waals surface area contributed by atoms with Gasteiger partial charge >= 0.3 is 144 Å². The van der Waals surface area contributed by atoms with Gasteiger partial charge in [0, 0.05) is 0 Å². The minimum atomic E-state index is -2.17. The first kappa shape index (κ1) is 22.5. The van der Waals surface area contributed by atoms with Gasteiger partial charge in [-0.2, -0.15) is 0 Å². The van der Waals surface area contributed by atoms with Gasteiger partial charge in [-0.25, -0.2) is 0 Å². The molecule has 0 heterocycles. The molecule has 0 fully saturated rings. The predicted octanol–water partition coefficient (Wildman–Crippen LogP) is 6.33. The summed E-state index contributed by atoms with van der Waals surface area (Å²) in [6.07, 6.45) is 10.3. The summed E-state index contributed by atoms with van der Waals surface area (Å²) >= 11 is -2.17. The van der Waals surface area contributed by atoms with Crippen LogP contribution in [0.2, 0.25) is 13.3 Å². The van der Waals surface area contributed by atoms with Gasteiger partial charge in [0.2, 0.25) is 0 Å². The SMILES string of the molecule is CCC[CH2][Sn](/[CH]=C\C(OCC)OCC)([CH2]CCC)[CH2]CCC. The molecular formula is C19H40O2Sn. The number of ether oxygens (including phenoxy) is 2. The fourth-order valence-electron chi connectivity index (χ4n) is 2.98. The molecule has 0 unspecified atom stereocenters. The molecule has 0 spiro atoms. The van der Waals surface area contributed by atoms with Crippen molar-refractivity contribution in [3.63, 3.8) is 0 Å². The normalized spacial score (nSPS) is 12.6. The summed E-state index contributed by atoms with van der Waals surface area (Å²) in [7, 11) is 0. The molecule has 0 radical (unpaired) electrons. The number of hydrogen-bond donors (Lipinski definition) is 0. The molecule has 0 aromatic carbocycles. The van der Waals surface area contributed by atoms with Gasteiger partial charge in [-0.05, 0) is 0 Å². The Kier molecular flexibility index (Phi) is 15.3. The molecule has 3 heteroatoms. The van der Waals surface area contributed by atoms with Crippen molar-refractivity contribution in [2.45, 2.75) is 92.7 Å². The van der Waals surface area contributed by atoms with Crippen molar-refractivity contribution >= 4 is 18.4 Å². The summed E-state index contributed by atoms with van der Waals surface area (Å²) in [5.74, 6) is 0. The Morgan fingerprint density at radius 3 is 1.45 bits per heavy atom. The summed E-state index contributed by atoms with van der Waals surface area (Å²) in [5.41, 5.74) is 0. The van der Waals surface area contributed by atoms with Gasteiger partial charge in [0.15, 0.2) is 0 Å². The zero-order valence-electron chi connectivity index (χ0n) is 15.8. The van der Waals surface area contributed by atoms with E-state index in [4.69, 9.17) is 9.47 Å². The fraction of sp³-hybridized carbons (Fsp3) is 0.895. The van der Waals surface area contributed by atoms with Crippen LogP contribution in [0.4, 0.5) is 0 Å². The first-order chi connectivity index (χ1) is 10.7. The van der Waals surface area contributed by atoms with Crippen LogP contribution in [0.5, 0.6) is 0 Å². The molecule has 0 aliphatic rings. The van der Waals surface area contributed by atoms with E-state index in [9.17, 15) is 0 Å². The molecule has 0 saturated heterocycles. The second-order valence-corrected chi connectivity index (χ2v) is 19.3. The Bertz CT molecular complexity index is 238. The summed E-state index contributed by atoms with van der Waals surface area (Å²) in [4.78, 5) is 0. The molecule has 132 valence electrons. The van der Waals surface area contributed by atoms with E-state index in [1.54, 1.807) is 0 Å². The van der Waals surface area contributed by atoms with Gasteiger partial charge in [0.25, 0.3) is 0 Å². The van der Waals surface area contributed by atoms with Crippen LogP contribution in [0, 0.1) is 0 Å². The third-order valence-electron chi connectivity index (χ3n) is 4.35. The molecular weight excluding hydrogens is 379 g/mol. The molecule has 0 bridgehead atoms. The van der Waals surface area contributed by atoms with E-state index in [-0.39, 0.29) is 6.29 Å². The molecule has 0 N–H and O–H groups in total. The molecule has 0 saturated carbocycles. The van der Waals surface area contributed by atoms with Crippen LogP contribution in [-0.2, 0) is 9.47 Å². The van der Waals surface area contributed by atoms with Crippen LogP contribution in [0.1, 0.15) is 73.1 Å². The van der Waals surface area contributed by atoms with E-state index in [0.717, 1.165) is 13.2 Å². The van der Waals surface area contributed by atoms with E-state index < -0.39 is 18.4 Å². The quantitative estimate of drug-likeness (QED) is 0.228. The van der Waals surface area contributed by atoms with Crippen LogP contribution >= 0.6 is 0 Å². The van der Waals surface area contributed by atoms with E-state index in [1.807, 2.05) is 13.8 Å². The van der Waals surface area contributed by atoms with Gasteiger partial charge < -0.3 is 0 Å². The maximum atomic E-state index is 5.72. The second kappa shape index (κ2) is 15.0. The topological polar surface area (TPSA) is 18.5 Å². The Balaban J connectivity index is 5.01. The van der Waals surface area contributed by atoms with Gasteiger partial charge in [-0.1, -0.05) is 0 Å². The van der Waals surface area contributed by atoms with Gasteiger partial charge in [-0.15, -0.1) is 0 Å². The van der Waals surface area contributed by atoms with Gasteiger partial charge in [0.1, 0.15) is 0 Å². The van der Waals surface area contributed by atoms with Crippen LogP contribution in [0.3, 0.4) is 0 Å². The van der Waals surface area contributed by atoms with Gasteiger partial charge in [0.05, 0.1) is 0 Å². The molecule has 0 aromatic rings. The summed E-state index contributed by atoms with van der Waals surface area (Å²) in [5, 5.41) is 0. The molecule has 0 aromatic heterocycles. The number of unbranched alkanes of at least 4 members (excludes halogenated alkanes) is 3. The van der Waals surface area contributed by atoms with Crippen molar-refractivity contribution in [1.82, 2.24) is 0 Å². The summed E-state index contributed by atoms with van der Waals surface area (Å²) < 4.78 is 18.6. The first-order valence-electron chi connectivity index (χ1n) is 9.60. The van der Waals surface area contributed by atoms with E-state index in [1.165, 1.54) is 51.8 Å². The standard InChI is InChI=1S/C7H13O2.3C4H9.Sn/c1-4-7(8-5-2)9-6-3;3*1-3-4-2;/h1,4,7H,5-6H2,2-3H3;3*1,3-4H2,2H3;. The maximum absolute atomic E-state index is 5.72. The number of rotatable bonds is 15. The van der Waals surface area contributed by atoms with Crippen molar-refractivity contribution < 1.29 is 9.47 Å². The van der Waals surface area contributed by atoms with Crippen LogP contribution in [-0.4, -0.2) is 37.9 Å². The van der Waals surface area contributed by atoms with E-state index in [2.05, 4.69) is 30.9 Å². The van der Waals surface area contributed by atoms with Crippen molar-refractivity contribution in [3.8, 4) is 0 Å². The van der Waals surface area contributed by atoms with Crippen LogP contribution in [0.15, 0.2) is 10.2 Å². The Hall–Kier alpha value is 0.459. The Morgan fingerprint density at radius 1 is 0.727 bits per heavy atom. The first-order valence-corrected chi connectivity index (χ1v) is 17.3. The monoisotopic (exact) mass is 420 g/mol. The molecule has 0 rings (SSSR count). The van der Waals surface area contributed by atoms with Crippen molar-refractivity contribution in [1.29, 1.82) is 0 Å². The Labute approximate surface area is 143 Å². The zero-order valence-corrected chi connectivity index (χ0v) is 18.7. The molecule has 2 nitrogen and oxygen atoms in total. The van der Waals surface area contributed by atoms with Crippen molar-refractivity contribution in [3.05, 3.63) is 10.2 Å². The molecule has 0 aliphatic carbocycles. The molecule has 22 heavy (non-hydrogen) atoms. The summed E-state index contributed by atoms with van der Waals surface area (Å²) in [6.45, 7) is 12.5.